The van der Waals surface area contributed by atoms with E-state index >= 15 is 0 Å². The van der Waals surface area contributed by atoms with Gasteiger partial charge in [0.2, 0.25) is 17.7 Å². The Hall–Kier alpha value is -2.59. The fraction of sp³-hybridized carbons (Fsp3) is 0.429. The largest absolute Gasteiger partial charge is 0.467 e. The van der Waals surface area contributed by atoms with Crippen molar-refractivity contribution in [2.24, 2.45) is 0 Å². The standard InChI is InChI=1S/C21H24N6O2S2/c1-2-10-26(11-3-1)20-23-24-21(27(20)15-16-7-4-12-28-16)31-14-6-9-18-22-19(25-29-18)17-8-5-13-30-17/h4-5,7-8,12-13H,1-3,6,9-11,14-15H2. The molecule has 0 atom stereocenters. The Morgan fingerprint density at radius 3 is 2.84 bits per heavy atom. The number of aryl methyl sites for hydroxylation is 1. The highest BCUT2D eigenvalue weighted by Gasteiger charge is 2.21. The lowest BCUT2D eigenvalue weighted by Gasteiger charge is -2.27. The van der Waals surface area contributed by atoms with Crippen molar-refractivity contribution in [3.63, 3.8) is 0 Å². The molecule has 0 amide bonds. The summed E-state index contributed by atoms with van der Waals surface area (Å²) in [6.45, 7) is 2.71. The average molecular weight is 457 g/mol. The van der Waals surface area contributed by atoms with Gasteiger partial charge in [-0.2, -0.15) is 4.98 Å². The molecule has 1 aliphatic heterocycles. The minimum atomic E-state index is 0.641. The average Bonchev–Trinajstić information content (AvgIpc) is 3.60. The zero-order valence-corrected chi connectivity index (χ0v) is 18.8. The Bertz CT molecular complexity index is 1070. The van der Waals surface area contributed by atoms with Crippen LogP contribution in [0, 0.1) is 0 Å². The highest BCUT2D eigenvalue weighted by molar-refractivity contribution is 7.99. The summed E-state index contributed by atoms with van der Waals surface area (Å²) in [5.74, 6) is 4.09. The summed E-state index contributed by atoms with van der Waals surface area (Å²) in [5, 5.41) is 16.0. The molecule has 0 bridgehead atoms. The maximum Gasteiger partial charge on any atom is 0.228 e. The number of aromatic nitrogens is 5. The molecule has 4 aromatic rings. The number of hydrogen-bond acceptors (Lipinski definition) is 9. The minimum absolute atomic E-state index is 0.641. The van der Waals surface area contributed by atoms with Crippen LogP contribution in [0.2, 0.25) is 0 Å². The van der Waals surface area contributed by atoms with Gasteiger partial charge >= 0.3 is 0 Å². The van der Waals surface area contributed by atoms with Gasteiger partial charge in [0, 0.05) is 25.3 Å². The van der Waals surface area contributed by atoms with Crippen LogP contribution in [-0.4, -0.2) is 43.7 Å². The molecule has 0 saturated carbocycles. The van der Waals surface area contributed by atoms with Crippen LogP contribution in [0.1, 0.15) is 37.3 Å². The molecular formula is C21H24N6O2S2. The lowest BCUT2D eigenvalue weighted by molar-refractivity contribution is 0.378. The highest BCUT2D eigenvalue weighted by atomic mass is 32.2. The van der Waals surface area contributed by atoms with E-state index in [-0.39, 0.29) is 0 Å². The summed E-state index contributed by atoms with van der Waals surface area (Å²) in [5.41, 5.74) is 0. The number of nitrogens with zero attached hydrogens (tertiary/aromatic N) is 6. The highest BCUT2D eigenvalue weighted by Crippen LogP contribution is 2.27. The predicted molar refractivity (Wildman–Crippen MR) is 121 cm³/mol. The van der Waals surface area contributed by atoms with E-state index in [1.54, 1.807) is 29.4 Å². The van der Waals surface area contributed by atoms with E-state index in [0.29, 0.717) is 18.3 Å². The van der Waals surface area contributed by atoms with Crippen molar-refractivity contribution in [1.82, 2.24) is 24.9 Å². The van der Waals surface area contributed by atoms with Crippen molar-refractivity contribution >= 4 is 29.0 Å². The van der Waals surface area contributed by atoms with Gasteiger partial charge in [0.15, 0.2) is 5.16 Å². The number of rotatable bonds is 9. The third-order valence-electron chi connectivity index (χ3n) is 5.21. The third-order valence-corrected chi connectivity index (χ3v) is 7.12. The topological polar surface area (TPSA) is 86.0 Å². The number of furan rings is 1. The smallest absolute Gasteiger partial charge is 0.228 e. The van der Waals surface area contributed by atoms with Gasteiger partial charge in [-0.15, -0.1) is 21.5 Å². The van der Waals surface area contributed by atoms with Crippen molar-refractivity contribution in [1.29, 1.82) is 0 Å². The molecule has 1 saturated heterocycles. The second-order valence-electron chi connectivity index (χ2n) is 7.44. The molecule has 0 aliphatic carbocycles. The fourth-order valence-corrected chi connectivity index (χ4v) is 5.18. The first-order valence-electron chi connectivity index (χ1n) is 10.6. The second kappa shape index (κ2) is 9.69. The Morgan fingerprint density at radius 2 is 2.03 bits per heavy atom. The molecule has 0 aromatic carbocycles. The molecule has 1 aliphatic rings. The van der Waals surface area contributed by atoms with E-state index in [2.05, 4.69) is 29.8 Å². The molecule has 31 heavy (non-hydrogen) atoms. The van der Waals surface area contributed by atoms with Crippen molar-refractivity contribution in [3.8, 4) is 10.7 Å². The van der Waals surface area contributed by atoms with Crippen LogP contribution in [0.25, 0.3) is 10.7 Å². The van der Waals surface area contributed by atoms with E-state index in [9.17, 15) is 0 Å². The lowest BCUT2D eigenvalue weighted by atomic mass is 10.1. The molecular weight excluding hydrogens is 432 g/mol. The van der Waals surface area contributed by atoms with Crippen LogP contribution < -0.4 is 4.90 Å². The molecule has 0 radical (unpaired) electrons. The summed E-state index contributed by atoms with van der Waals surface area (Å²) in [7, 11) is 0. The van der Waals surface area contributed by atoms with Gasteiger partial charge in [0.1, 0.15) is 5.76 Å². The van der Waals surface area contributed by atoms with Crippen LogP contribution >= 0.6 is 23.1 Å². The molecule has 1 fully saturated rings. The van der Waals surface area contributed by atoms with Crippen molar-refractivity contribution in [2.45, 2.75) is 43.8 Å². The number of thiophene rings is 1. The molecule has 4 aromatic heterocycles. The molecule has 5 rings (SSSR count). The van der Waals surface area contributed by atoms with Gasteiger partial charge < -0.3 is 13.8 Å². The van der Waals surface area contributed by atoms with E-state index in [4.69, 9.17) is 8.94 Å². The molecule has 0 N–H and O–H groups in total. The molecule has 0 unspecified atom stereocenters. The molecule has 8 nitrogen and oxygen atoms in total. The van der Waals surface area contributed by atoms with Gasteiger partial charge in [-0.25, -0.2) is 0 Å². The van der Waals surface area contributed by atoms with Crippen molar-refractivity contribution in [2.75, 3.05) is 23.7 Å². The van der Waals surface area contributed by atoms with Crippen LogP contribution in [0.5, 0.6) is 0 Å². The predicted octanol–water partition coefficient (Wildman–Crippen LogP) is 4.75. The Balaban J connectivity index is 1.22. The van der Waals surface area contributed by atoms with Crippen LogP contribution in [0.3, 0.4) is 0 Å². The zero-order valence-electron chi connectivity index (χ0n) is 17.1. The van der Waals surface area contributed by atoms with Crippen LogP contribution in [0.4, 0.5) is 5.95 Å². The quantitative estimate of drug-likeness (QED) is 0.264. The summed E-state index contributed by atoms with van der Waals surface area (Å²) in [6.07, 6.45) is 7.07. The maximum atomic E-state index is 5.59. The number of thioether (sulfide) groups is 1. The summed E-state index contributed by atoms with van der Waals surface area (Å²) >= 11 is 3.32. The number of anilines is 1. The first kappa shape index (κ1) is 20.3. The Kier molecular flexibility index (Phi) is 6.35. The van der Waals surface area contributed by atoms with E-state index < -0.39 is 0 Å². The summed E-state index contributed by atoms with van der Waals surface area (Å²) < 4.78 is 13.2. The van der Waals surface area contributed by atoms with E-state index in [1.165, 1.54) is 19.3 Å². The maximum absolute atomic E-state index is 5.59. The van der Waals surface area contributed by atoms with Crippen LogP contribution in [-0.2, 0) is 13.0 Å². The van der Waals surface area contributed by atoms with Crippen LogP contribution in [0.15, 0.2) is 50.0 Å². The normalized spacial score (nSPS) is 14.4. The van der Waals surface area contributed by atoms with Gasteiger partial charge in [-0.05, 0) is 49.3 Å². The monoisotopic (exact) mass is 456 g/mol. The molecule has 162 valence electrons. The SMILES string of the molecule is c1coc(Cn2c(SCCCc3nc(-c4cccs4)no3)nnc2N2CCCCC2)c1. The summed E-state index contributed by atoms with van der Waals surface area (Å²) in [6, 6.07) is 7.90. The number of hydrogen-bond donors (Lipinski definition) is 0. The van der Waals surface area contributed by atoms with Crippen molar-refractivity contribution in [3.05, 3.63) is 47.6 Å². The van der Waals surface area contributed by atoms with Crippen molar-refractivity contribution < 1.29 is 8.94 Å². The Morgan fingerprint density at radius 1 is 1.10 bits per heavy atom. The second-order valence-corrected chi connectivity index (χ2v) is 9.45. The molecule has 10 heteroatoms. The fourth-order valence-electron chi connectivity index (χ4n) is 3.66. The van der Waals surface area contributed by atoms with Gasteiger partial charge in [-0.1, -0.05) is 23.0 Å². The van der Waals surface area contributed by atoms with Gasteiger partial charge in [0.05, 0.1) is 17.7 Å². The van der Waals surface area contributed by atoms with E-state index in [1.807, 2.05) is 29.6 Å². The van der Waals surface area contributed by atoms with E-state index in [0.717, 1.165) is 53.4 Å². The summed E-state index contributed by atoms with van der Waals surface area (Å²) in [4.78, 5) is 7.87. The van der Waals surface area contributed by atoms with Gasteiger partial charge in [0.25, 0.3) is 0 Å². The third kappa shape index (κ3) is 4.85. The van der Waals surface area contributed by atoms with Gasteiger partial charge in [-0.3, -0.25) is 4.57 Å². The zero-order chi connectivity index (χ0) is 20.9. The molecule has 0 spiro atoms. The first-order chi connectivity index (χ1) is 15.4. The lowest BCUT2D eigenvalue weighted by Crippen LogP contribution is -2.32. The molecule has 5 heterocycles. The minimum Gasteiger partial charge on any atom is -0.467 e. The number of piperidine rings is 1. The first-order valence-corrected chi connectivity index (χ1v) is 12.4. The Labute approximate surface area is 188 Å².